The molecule has 5 heteroatoms. The van der Waals surface area contributed by atoms with Crippen LogP contribution in [0.5, 0.6) is 0 Å². The summed E-state index contributed by atoms with van der Waals surface area (Å²) >= 11 is 0. The molecule has 0 N–H and O–H groups in total. The summed E-state index contributed by atoms with van der Waals surface area (Å²) in [5, 5.41) is 4.42. The van der Waals surface area contributed by atoms with E-state index in [9.17, 15) is 9.18 Å². The summed E-state index contributed by atoms with van der Waals surface area (Å²) < 4.78 is 15.0. The van der Waals surface area contributed by atoms with Crippen molar-refractivity contribution in [2.24, 2.45) is 0 Å². The molecular formula is C17H14FN3O. The van der Waals surface area contributed by atoms with Gasteiger partial charge in [0.15, 0.2) is 0 Å². The minimum absolute atomic E-state index is 0.157. The van der Waals surface area contributed by atoms with E-state index in [1.165, 1.54) is 6.20 Å². The highest BCUT2D eigenvalue weighted by atomic mass is 19.1. The van der Waals surface area contributed by atoms with E-state index in [-0.39, 0.29) is 12.4 Å². The Bertz CT molecular complexity index is 812. The van der Waals surface area contributed by atoms with E-state index in [2.05, 4.69) is 10.1 Å². The van der Waals surface area contributed by atoms with E-state index >= 15 is 0 Å². The van der Waals surface area contributed by atoms with Gasteiger partial charge in [0.1, 0.15) is 17.8 Å². The fourth-order valence-electron chi connectivity index (χ4n) is 2.27. The monoisotopic (exact) mass is 295 g/mol. The van der Waals surface area contributed by atoms with Crippen molar-refractivity contribution in [3.8, 4) is 22.6 Å². The molecular weight excluding hydrogens is 281 g/mol. The van der Waals surface area contributed by atoms with Crippen molar-refractivity contribution in [3.05, 3.63) is 60.0 Å². The van der Waals surface area contributed by atoms with Gasteiger partial charge in [-0.05, 0) is 30.2 Å². The lowest BCUT2D eigenvalue weighted by molar-refractivity contribution is -0.108. The molecule has 0 aliphatic heterocycles. The molecule has 2 heterocycles. The molecule has 0 amide bonds. The van der Waals surface area contributed by atoms with Gasteiger partial charge in [-0.15, -0.1) is 0 Å². The molecule has 0 spiro atoms. The Morgan fingerprint density at radius 2 is 1.95 bits per heavy atom. The van der Waals surface area contributed by atoms with Crippen molar-refractivity contribution in [1.29, 1.82) is 0 Å². The van der Waals surface area contributed by atoms with Gasteiger partial charge >= 0.3 is 0 Å². The molecule has 3 aromatic rings. The molecule has 4 nitrogen and oxygen atoms in total. The third-order valence-corrected chi connectivity index (χ3v) is 3.41. The first-order chi connectivity index (χ1) is 10.7. The highest BCUT2D eigenvalue weighted by Crippen LogP contribution is 2.25. The first-order valence-electron chi connectivity index (χ1n) is 6.88. The molecule has 110 valence electrons. The van der Waals surface area contributed by atoms with Crippen molar-refractivity contribution < 1.29 is 9.18 Å². The summed E-state index contributed by atoms with van der Waals surface area (Å²) in [5.74, 6) is -0.348. The average molecular weight is 295 g/mol. The van der Waals surface area contributed by atoms with Gasteiger partial charge in [0.2, 0.25) is 0 Å². The number of aryl methyl sites for hydroxylation is 1. The number of carbonyl (C=O) groups is 1. The van der Waals surface area contributed by atoms with E-state index < -0.39 is 0 Å². The van der Waals surface area contributed by atoms with Crippen molar-refractivity contribution in [2.75, 3.05) is 0 Å². The van der Waals surface area contributed by atoms with E-state index in [4.69, 9.17) is 0 Å². The maximum absolute atomic E-state index is 13.4. The summed E-state index contributed by atoms with van der Waals surface area (Å²) in [6.45, 7) is 1.84. The summed E-state index contributed by atoms with van der Waals surface area (Å²) in [5.41, 5.74) is 3.49. The molecule has 0 aliphatic carbocycles. The number of halogens is 1. The molecule has 2 aromatic heterocycles. The lowest BCUT2D eigenvalue weighted by Crippen LogP contribution is -2.03. The van der Waals surface area contributed by atoms with Gasteiger partial charge in [0.25, 0.3) is 0 Å². The summed E-state index contributed by atoms with van der Waals surface area (Å²) in [4.78, 5) is 15.0. The fraction of sp³-hybridized carbons (Fsp3) is 0.118. The van der Waals surface area contributed by atoms with E-state index in [1.54, 1.807) is 17.7 Å². The number of hydrogen-bond donors (Lipinski definition) is 0. The molecule has 22 heavy (non-hydrogen) atoms. The number of hydrogen-bond acceptors (Lipinski definition) is 3. The van der Waals surface area contributed by atoms with Crippen molar-refractivity contribution in [2.45, 2.75) is 13.5 Å². The van der Waals surface area contributed by atoms with Crippen molar-refractivity contribution in [1.82, 2.24) is 14.8 Å². The number of aromatic nitrogens is 3. The number of benzene rings is 1. The van der Waals surface area contributed by atoms with Crippen LogP contribution in [0.3, 0.4) is 0 Å². The molecule has 0 bridgehead atoms. The predicted octanol–water partition coefficient (Wildman–Crippen LogP) is 3.26. The van der Waals surface area contributed by atoms with Crippen LogP contribution in [-0.2, 0) is 11.3 Å². The largest absolute Gasteiger partial charge is 0.301 e. The molecule has 0 aliphatic rings. The second-order valence-electron chi connectivity index (χ2n) is 4.95. The Morgan fingerprint density at radius 3 is 2.64 bits per heavy atom. The van der Waals surface area contributed by atoms with E-state index in [0.717, 1.165) is 17.5 Å². The van der Waals surface area contributed by atoms with Gasteiger partial charge in [0, 0.05) is 0 Å². The number of nitrogens with zero attached hydrogens (tertiary/aromatic N) is 3. The normalized spacial score (nSPS) is 10.6. The maximum atomic E-state index is 13.4. The number of aldehydes is 1. The molecule has 0 radical (unpaired) electrons. The Balaban J connectivity index is 2.10. The minimum Gasteiger partial charge on any atom is -0.301 e. The van der Waals surface area contributed by atoms with Crippen LogP contribution in [0.1, 0.15) is 5.56 Å². The number of carbonyl (C=O) groups excluding carboxylic acids is 1. The van der Waals surface area contributed by atoms with Crippen LogP contribution in [0.25, 0.3) is 22.6 Å². The summed E-state index contributed by atoms with van der Waals surface area (Å²) in [6.07, 6.45) is 1.98. The third kappa shape index (κ3) is 2.65. The maximum Gasteiger partial charge on any atom is 0.144 e. The highest BCUT2D eigenvalue weighted by molar-refractivity contribution is 5.68. The van der Waals surface area contributed by atoms with Crippen LogP contribution < -0.4 is 0 Å². The second-order valence-corrected chi connectivity index (χ2v) is 4.95. The summed E-state index contributed by atoms with van der Waals surface area (Å²) in [6, 6.07) is 13.2. The van der Waals surface area contributed by atoms with Gasteiger partial charge in [-0.2, -0.15) is 5.10 Å². The Hall–Kier alpha value is -2.82. The highest BCUT2D eigenvalue weighted by Gasteiger charge is 2.13. The zero-order valence-electron chi connectivity index (χ0n) is 12.0. The topological polar surface area (TPSA) is 47.8 Å². The Labute approximate surface area is 127 Å². The van der Waals surface area contributed by atoms with Crippen LogP contribution >= 0.6 is 0 Å². The third-order valence-electron chi connectivity index (χ3n) is 3.41. The first-order valence-corrected chi connectivity index (χ1v) is 6.88. The second kappa shape index (κ2) is 5.89. The quantitative estimate of drug-likeness (QED) is 0.694. The Kier molecular flexibility index (Phi) is 3.78. The molecule has 0 saturated heterocycles. The lowest BCUT2D eigenvalue weighted by Gasteiger charge is -2.02. The molecule has 0 fully saturated rings. The predicted molar refractivity (Wildman–Crippen MR) is 81.7 cm³/mol. The van der Waals surface area contributed by atoms with Crippen LogP contribution in [0.15, 0.2) is 48.7 Å². The van der Waals surface area contributed by atoms with Gasteiger partial charge in [-0.1, -0.05) is 30.3 Å². The molecule has 0 unspecified atom stereocenters. The van der Waals surface area contributed by atoms with E-state index in [0.29, 0.717) is 17.0 Å². The van der Waals surface area contributed by atoms with Crippen LogP contribution in [0.2, 0.25) is 0 Å². The van der Waals surface area contributed by atoms with Crippen LogP contribution in [-0.4, -0.2) is 21.1 Å². The smallest absolute Gasteiger partial charge is 0.144 e. The molecule has 0 saturated carbocycles. The summed E-state index contributed by atoms with van der Waals surface area (Å²) in [7, 11) is 0. The minimum atomic E-state index is -0.348. The number of rotatable bonds is 4. The number of pyridine rings is 1. The van der Waals surface area contributed by atoms with Crippen molar-refractivity contribution in [3.63, 3.8) is 0 Å². The zero-order valence-corrected chi connectivity index (χ0v) is 12.0. The molecule has 1 aromatic carbocycles. The van der Waals surface area contributed by atoms with Crippen LogP contribution in [0, 0.1) is 12.7 Å². The average Bonchev–Trinajstić information content (AvgIpc) is 2.95. The van der Waals surface area contributed by atoms with Crippen LogP contribution in [0.4, 0.5) is 4.39 Å². The molecule has 3 rings (SSSR count). The van der Waals surface area contributed by atoms with Gasteiger partial charge in [0.05, 0.1) is 24.1 Å². The SMILES string of the molecule is Cc1cc(-c2cc(-c3ccccc3)n(CC=O)n2)ncc1F. The lowest BCUT2D eigenvalue weighted by atomic mass is 10.1. The van der Waals surface area contributed by atoms with Gasteiger partial charge in [-0.25, -0.2) is 4.39 Å². The zero-order chi connectivity index (χ0) is 15.5. The van der Waals surface area contributed by atoms with Gasteiger partial charge in [-0.3, -0.25) is 9.67 Å². The standard InChI is InChI=1S/C17H14FN3O/c1-12-9-15(19-11-14(12)18)16-10-17(21(20-16)7-8-22)13-5-3-2-4-6-13/h2-6,8-11H,7H2,1H3. The Morgan fingerprint density at radius 1 is 1.18 bits per heavy atom. The fourth-order valence-corrected chi connectivity index (χ4v) is 2.27. The van der Waals surface area contributed by atoms with Crippen molar-refractivity contribution >= 4 is 6.29 Å². The van der Waals surface area contributed by atoms with Gasteiger partial charge < -0.3 is 4.79 Å². The molecule has 0 atom stereocenters. The van der Waals surface area contributed by atoms with E-state index in [1.807, 2.05) is 36.4 Å². The first kappa shape index (κ1) is 14.1.